The van der Waals surface area contributed by atoms with Crippen LogP contribution < -0.4 is 10.1 Å². The first-order chi connectivity index (χ1) is 8.75. The van der Waals surface area contributed by atoms with Gasteiger partial charge in [-0.3, -0.25) is 4.79 Å². The fourth-order valence-corrected chi connectivity index (χ4v) is 1.77. The second-order valence-corrected chi connectivity index (χ2v) is 5.28. The van der Waals surface area contributed by atoms with Gasteiger partial charge in [-0.2, -0.15) is 0 Å². The molecule has 0 atom stereocenters. The summed E-state index contributed by atoms with van der Waals surface area (Å²) >= 11 is 0. The molecular weight excluding hydrogens is 252 g/mol. The third kappa shape index (κ3) is 4.19. The molecule has 0 radical (unpaired) electrons. The van der Waals surface area contributed by atoms with Crippen LogP contribution in [-0.2, 0) is 10.2 Å². The minimum absolute atomic E-state index is 0.0750. The van der Waals surface area contributed by atoms with Crippen molar-refractivity contribution in [3.05, 3.63) is 29.3 Å². The molecule has 19 heavy (non-hydrogen) atoms. The number of nitrogens with one attached hydrogen (secondary N) is 1. The maximum Gasteiger partial charge on any atom is 0.223 e. The average molecular weight is 271 g/mol. The molecule has 1 rings (SSSR count). The first-order valence-electron chi connectivity index (χ1n) is 6.08. The number of amides is 1. The number of carbonyl (C=O) groups is 1. The zero-order valence-corrected chi connectivity index (χ0v) is 11.6. The maximum atomic E-state index is 13.9. The molecule has 5 heteroatoms. The van der Waals surface area contributed by atoms with Gasteiger partial charge in [0.1, 0.15) is 17.4 Å². The number of benzene rings is 1. The first kappa shape index (κ1) is 15.4. The Bertz CT molecular complexity index is 467. The van der Waals surface area contributed by atoms with Crippen LogP contribution in [-0.4, -0.2) is 19.6 Å². The van der Waals surface area contributed by atoms with E-state index in [2.05, 4.69) is 5.32 Å². The molecule has 0 spiro atoms. The normalized spacial score (nSPS) is 11.3. The van der Waals surface area contributed by atoms with Crippen LogP contribution in [0.2, 0.25) is 0 Å². The minimum Gasteiger partial charge on any atom is -0.493 e. The van der Waals surface area contributed by atoms with Crippen molar-refractivity contribution in [1.29, 1.82) is 0 Å². The highest BCUT2D eigenvalue weighted by molar-refractivity contribution is 5.75. The Kier molecular flexibility index (Phi) is 4.86. The van der Waals surface area contributed by atoms with E-state index in [-0.39, 0.29) is 24.7 Å². The lowest BCUT2D eigenvalue weighted by molar-refractivity contribution is -0.121. The van der Waals surface area contributed by atoms with E-state index in [1.165, 1.54) is 7.05 Å². The van der Waals surface area contributed by atoms with Crippen molar-refractivity contribution >= 4 is 5.91 Å². The van der Waals surface area contributed by atoms with Crippen LogP contribution in [0.3, 0.4) is 0 Å². The van der Waals surface area contributed by atoms with Crippen molar-refractivity contribution in [2.45, 2.75) is 32.6 Å². The van der Waals surface area contributed by atoms with Gasteiger partial charge in [0.05, 0.1) is 13.0 Å². The lowest BCUT2D eigenvalue weighted by Gasteiger charge is -2.23. The molecule has 106 valence electrons. The van der Waals surface area contributed by atoms with Gasteiger partial charge in [-0.05, 0) is 5.41 Å². The van der Waals surface area contributed by atoms with E-state index in [0.717, 1.165) is 12.1 Å². The van der Waals surface area contributed by atoms with Gasteiger partial charge in [-0.1, -0.05) is 20.8 Å². The predicted octanol–water partition coefficient (Wildman–Crippen LogP) is 2.78. The molecule has 0 bridgehead atoms. The molecule has 0 saturated heterocycles. The molecule has 1 amide bonds. The summed E-state index contributed by atoms with van der Waals surface area (Å²) in [5.74, 6) is -1.37. The summed E-state index contributed by atoms with van der Waals surface area (Å²) in [6, 6.07) is 1.99. The highest BCUT2D eigenvalue weighted by Gasteiger charge is 2.24. The third-order valence-corrected chi connectivity index (χ3v) is 2.63. The number of carbonyl (C=O) groups excluding carboxylic acids is 1. The summed E-state index contributed by atoms with van der Waals surface area (Å²) in [4.78, 5) is 11.1. The summed E-state index contributed by atoms with van der Waals surface area (Å²) in [6.45, 7) is 5.52. The smallest absolute Gasteiger partial charge is 0.223 e. The van der Waals surface area contributed by atoms with Gasteiger partial charge >= 0.3 is 0 Å². The standard InChI is InChI=1S/C14H19F2NO2/c1-14(2,3)13-10(16)7-9(15)8-11(13)19-6-5-12(18)17-4/h7-8H,5-6H2,1-4H3,(H,17,18). The Hall–Kier alpha value is -1.65. The largest absolute Gasteiger partial charge is 0.493 e. The van der Waals surface area contributed by atoms with E-state index in [9.17, 15) is 13.6 Å². The van der Waals surface area contributed by atoms with Crippen molar-refractivity contribution in [3.8, 4) is 5.75 Å². The van der Waals surface area contributed by atoms with Crippen LogP contribution in [0, 0.1) is 11.6 Å². The molecule has 0 fully saturated rings. The zero-order valence-electron chi connectivity index (χ0n) is 11.6. The fourth-order valence-electron chi connectivity index (χ4n) is 1.77. The van der Waals surface area contributed by atoms with Gasteiger partial charge in [-0.15, -0.1) is 0 Å². The van der Waals surface area contributed by atoms with E-state index >= 15 is 0 Å². The van der Waals surface area contributed by atoms with Crippen molar-refractivity contribution in [2.75, 3.05) is 13.7 Å². The molecule has 1 N–H and O–H groups in total. The van der Waals surface area contributed by atoms with Crippen LogP contribution in [0.15, 0.2) is 12.1 Å². The first-order valence-corrected chi connectivity index (χ1v) is 6.08. The predicted molar refractivity (Wildman–Crippen MR) is 69.2 cm³/mol. The SMILES string of the molecule is CNC(=O)CCOc1cc(F)cc(F)c1C(C)(C)C. The van der Waals surface area contributed by atoms with Crippen molar-refractivity contribution in [3.63, 3.8) is 0 Å². The fraction of sp³-hybridized carbons (Fsp3) is 0.500. The summed E-state index contributed by atoms with van der Waals surface area (Å²) in [6.07, 6.45) is 0.137. The molecule has 0 aliphatic carbocycles. The molecule has 0 unspecified atom stereocenters. The zero-order chi connectivity index (χ0) is 14.6. The van der Waals surface area contributed by atoms with Crippen LogP contribution >= 0.6 is 0 Å². The van der Waals surface area contributed by atoms with Gasteiger partial charge in [0.2, 0.25) is 5.91 Å². The van der Waals surface area contributed by atoms with Crippen LogP contribution in [0.5, 0.6) is 5.75 Å². The molecule has 0 aliphatic rings. The monoisotopic (exact) mass is 271 g/mol. The summed E-state index contributed by atoms with van der Waals surface area (Å²) < 4.78 is 32.5. The number of hydrogen-bond acceptors (Lipinski definition) is 2. The summed E-state index contributed by atoms with van der Waals surface area (Å²) in [5.41, 5.74) is -0.203. The Morgan fingerprint density at radius 3 is 2.47 bits per heavy atom. The molecular formula is C14H19F2NO2. The van der Waals surface area contributed by atoms with Crippen molar-refractivity contribution in [1.82, 2.24) is 5.32 Å². The van der Waals surface area contributed by atoms with E-state index < -0.39 is 17.0 Å². The Morgan fingerprint density at radius 1 is 1.32 bits per heavy atom. The van der Waals surface area contributed by atoms with E-state index in [0.29, 0.717) is 5.56 Å². The van der Waals surface area contributed by atoms with Crippen LogP contribution in [0.25, 0.3) is 0 Å². The molecule has 3 nitrogen and oxygen atoms in total. The average Bonchev–Trinajstić information content (AvgIpc) is 2.25. The third-order valence-electron chi connectivity index (χ3n) is 2.63. The van der Waals surface area contributed by atoms with E-state index in [1.54, 1.807) is 0 Å². The van der Waals surface area contributed by atoms with Crippen LogP contribution in [0.1, 0.15) is 32.8 Å². The number of hydrogen-bond donors (Lipinski definition) is 1. The molecule has 0 aliphatic heterocycles. The van der Waals surface area contributed by atoms with E-state index in [1.807, 2.05) is 20.8 Å². The molecule has 1 aromatic rings. The van der Waals surface area contributed by atoms with Crippen molar-refractivity contribution in [2.24, 2.45) is 0 Å². The molecule has 0 aromatic heterocycles. The van der Waals surface area contributed by atoms with E-state index in [4.69, 9.17) is 4.74 Å². The van der Waals surface area contributed by atoms with Gasteiger partial charge in [-0.25, -0.2) is 8.78 Å². The summed E-state index contributed by atoms with van der Waals surface area (Å²) in [5, 5.41) is 2.45. The quantitative estimate of drug-likeness (QED) is 0.914. The van der Waals surface area contributed by atoms with Crippen molar-refractivity contribution < 1.29 is 18.3 Å². The highest BCUT2D eigenvalue weighted by Crippen LogP contribution is 2.34. The number of rotatable bonds is 4. The van der Waals surface area contributed by atoms with Gasteiger partial charge < -0.3 is 10.1 Å². The molecule has 0 saturated carbocycles. The van der Waals surface area contributed by atoms with Gasteiger partial charge in [0, 0.05) is 24.7 Å². The Labute approximate surface area is 112 Å². The summed E-state index contributed by atoms with van der Waals surface area (Å²) in [7, 11) is 1.52. The van der Waals surface area contributed by atoms with Gasteiger partial charge in [0.25, 0.3) is 0 Å². The topological polar surface area (TPSA) is 38.3 Å². The lowest BCUT2D eigenvalue weighted by atomic mass is 9.86. The van der Waals surface area contributed by atoms with Crippen LogP contribution in [0.4, 0.5) is 8.78 Å². The maximum absolute atomic E-state index is 13.9. The number of halogens is 2. The van der Waals surface area contributed by atoms with Gasteiger partial charge in [0.15, 0.2) is 0 Å². The number of ether oxygens (including phenoxy) is 1. The minimum atomic E-state index is -0.694. The molecule has 0 heterocycles. The second kappa shape index (κ2) is 5.99. The Morgan fingerprint density at radius 2 is 1.95 bits per heavy atom. The Balaban J connectivity index is 2.95. The lowest BCUT2D eigenvalue weighted by Crippen LogP contribution is -2.21. The highest BCUT2D eigenvalue weighted by atomic mass is 19.1. The second-order valence-electron chi connectivity index (χ2n) is 5.28. The molecule has 1 aromatic carbocycles.